The van der Waals surface area contributed by atoms with Crippen LogP contribution in [-0.2, 0) is 0 Å². The summed E-state index contributed by atoms with van der Waals surface area (Å²) in [5.74, 6) is -0.183. The lowest BCUT2D eigenvalue weighted by Crippen LogP contribution is -2.27. The third kappa shape index (κ3) is 3.82. The Bertz CT molecular complexity index is 1010. The number of anilines is 1. The minimum atomic E-state index is -0.206. The fraction of sp³-hybridized carbons (Fsp3) is 0.227. The highest BCUT2D eigenvalue weighted by Crippen LogP contribution is 2.28. The van der Waals surface area contributed by atoms with E-state index in [1.807, 2.05) is 42.2 Å². The van der Waals surface area contributed by atoms with Crippen molar-refractivity contribution in [3.8, 4) is 10.6 Å². The molecule has 142 valence electrons. The molecule has 28 heavy (non-hydrogen) atoms. The molecule has 0 spiro atoms. The second-order valence-corrected chi connectivity index (χ2v) is 7.83. The van der Waals surface area contributed by atoms with Gasteiger partial charge >= 0.3 is 0 Å². The number of nitrogens with one attached hydrogen (secondary N) is 1. The average molecular weight is 391 g/mol. The largest absolute Gasteiger partial charge is 0.339 e. The molecule has 1 fully saturated rings. The summed E-state index contributed by atoms with van der Waals surface area (Å²) in [4.78, 5) is 32.3. The standard InChI is InChI=1S/C22H21N3O2S/c1-15-19(28-21(23-15)16-8-3-2-4-9-16)20(26)24-18-11-7-10-17(14-18)22(27)25-12-5-6-13-25/h2-4,7-11,14H,5-6,12-13H2,1H3,(H,24,26). The van der Waals surface area contributed by atoms with Gasteiger partial charge in [-0.3, -0.25) is 9.59 Å². The van der Waals surface area contributed by atoms with Crippen LogP contribution in [0.3, 0.4) is 0 Å². The van der Waals surface area contributed by atoms with Crippen molar-refractivity contribution in [2.24, 2.45) is 0 Å². The first-order chi connectivity index (χ1) is 13.6. The SMILES string of the molecule is Cc1nc(-c2ccccc2)sc1C(=O)Nc1cccc(C(=O)N2CCCC2)c1. The number of amides is 2. The molecule has 0 atom stereocenters. The molecule has 5 nitrogen and oxygen atoms in total. The fourth-order valence-electron chi connectivity index (χ4n) is 3.33. The maximum absolute atomic E-state index is 12.8. The summed E-state index contributed by atoms with van der Waals surface area (Å²) < 4.78 is 0. The van der Waals surface area contributed by atoms with Crippen molar-refractivity contribution in [2.45, 2.75) is 19.8 Å². The molecule has 0 saturated carbocycles. The molecule has 1 N–H and O–H groups in total. The van der Waals surface area contributed by atoms with Crippen molar-refractivity contribution in [1.82, 2.24) is 9.88 Å². The summed E-state index contributed by atoms with van der Waals surface area (Å²) in [7, 11) is 0. The highest BCUT2D eigenvalue weighted by molar-refractivity contribution is 7.17. The lowest BCUT2D eigenvalue weighted by Gasteiger charge is -2.15. The van der Waals surface area contributed by atoms with Crippen LogP contribution in [-0.4, -0.2) is 34.8 Å². The Morgan fingerprint density at radius 3 is 2.54 bits per heavy atom. The van der Waals surface area contributed by atoms with Crippen molar-refractivity contribution in [3.05, 3.63) is 70.7 Å². The molecule has 2 aromatic carbocycles. The maximum atomic E-state index is 12.8. The summed E-state index contributed by atoms with van der Waals surface area (Å²) >= 11 is 1.37. The van der Waals surface area contributed by atoms with E-state index in [2.05, 4.69) is 10.3 Å². The number of rotatable bonds is 4. The monoisotopic (exact) mass is 391 g/mol. The smallest absolute Gasteiger partial charge is 0.267 e. The number of aromatic nitrogens is 1. The normalized spacial score (nSPS) is 13.5. The number of thiazole rings is 1. The molecule has 0 unspecified atom stereocenters. The van der Waals surface area contributed by atoms with Crippen LogP contribution in [0.5, 0.6) is 0 Å². The molecular formula is C22H21N3O2S. The van der Waals surface area contributed by atoms with E-state index in [0.29, 0.717) is 21.8 Å². The van der Waals surface area contributed by atoms with Crippen LogP contribution in [0.1, 0.15) is 38.6 Å². The Morgan fingerprint density at radius 2 is 1.79 bits per heavy atom. The van der Waals surface area contributed by atoms with E-state index >= 15 is 0 Å². The zero-order chi connectivity index (χ0) is 19.5. The van der Waals surface area contributed by atoms with Gasteiger partial charge in [-0.2, -0.15) is 0 Å². The first-order valence-electron chi connectivity index (χ1n) is 9.35. The fourth-order valence-corrected chi connectivity index (χ4v) is 4.30. The van der Waals surface area contributed by atoms with Gasteiger partial charge in [-0.05, 0) is 38.0 Å². The van der Waals surface area contributed by atoms with Crippen molar-refractivity contribution in [2.75, 3.05) is 18.4 Å². The van der Waals surface area contributed by atoms with Crippen molar-refractivity contribution >= 4 is 28.8 Å². The number of aryl methyl sites for hydroxylation is 1. The second kappa shape index (κ2) is 7.94. The summed E-state index contributed by atoms with van der Waals surface area (Å²) in [5, 5.41) is 3.73. The average Bonchev–Trinajstić information content (AvgIpc) is 3.38. The Hall–Kier alpha value is -2.99. The number of benzene rings is 2. The number of carbonyl (C=O) groups excluding carboxylic acids is 2. The van der Waals surface area contributed by atoms with Gasteiger partial charge in [0.15, 0.2) is 0 Å². The van der Waals surface area contributed by atoms with Gasteiger partial charge in [0, 0.05) is 29.9 Å². The van der Waals surface area contributed by atoms with Gasteiger partial charge in [0.2, 0.25) is 0 Å². The Balaban J connectivity index is 1.52. The molecule has 2 heterocycles. The Morgan fingerprint density at radius 1 is 1.04 bits per heavy atom. The van der Waals surface area contributed by atoms with Gasteiger partial charge in [0.25, 0.3) is 11.8 Å². The Kier molecular flexibility index (Phi) is 5.21. The molecule has 4 rings (SSSR count). The first-order valence-corrected chi connectivity index (χ1v) is 10.2. The summed E-state index contributed by atoms with van der Waals surface area (Å²) in [5.41, 5.74) is 2.91. The lowest BCUT2D eigenvalue weighted by atomic mass is 10.1. The highest BCUT2D eigenvalue weighted by atomic mass is 32.1. The first kappa shape index (κ1) is 18.4. The minimum absolute atomic E-state index is 0.0222. The van der Waals surface area contributed by atoms with E-state index in [4.69, 9.17) is 0 Å². The van der Waals surface area contributed by atoms with Gasteiger partial charge in [0.05, 0.1) is 5.69 Å². The van der Waals surface area contributed by atoms with Crippen LogP contribution in [0, 0.1) is 6.92 Å². The summed E-state index contributed by atoms with van der Waals surface area (Å²) in [6.45, 7) is 3.45. The van der Waals surface area contributed by atoms with Gasteiger partial charge in [0.1, 0.15) is 9.88 Å². The van der Waals surface area contributed by atoms with Crippen LogP contribution in [0.25, 0.3) is 10.6 Å². The molecule has 0 aliphatic carbocycles. The predicted octanol–water partition coefficient (Wildman–Crippen LogP) is 4.61. The molecule has 1 saturated heterocycles. The number of likely N-dealkylation sites (tertiary alicyclic amines) is 1. The molecule has 1 aromatic heterocycles. The second-order valence-electron chi connectivity index (χ2n) is 6.83. The number of nitrogens with zero attached hydrogens (tertiary/aromatic N) is 2. The van der Waals surface area contributed by atoms with E-state index in [0.717, 1.165) is 36.5 Å². The number of hydrogen-bond donors (Lipinski definition) is 1. The molecule has 6 heteroatoms. The molecule has 0 bridgehead atoms. The molecule has 3 aromatic rings. The summed E-state index contributed by atoms with van der Waals surface area (Å²) in [6, 6.07) is 17.0. The van der Waals surface area contributed by atoms with Crippen LogP contribution < -0.4 is 5.32 Å². The zero-order valence-corrected chi connectivity index (χ0v) is 16.5. The van der Waals surface area contributed by atoms with Crippen LogP contribution in [0.15, 0.2) is 54.6 Å². The molecule has 0 radical (unpaired) electrons. The molecule has 1 aliphatic heterocycles. The number of hydrogen-bond acceptors (Lipinski definition) is 4. The molecular weight excluding hydrogens is 370 g/mol. The summed E-state index contributed by atoms with van der Waals surface area (Å²) in [6.07, 6.45) is 2.10. The van der Waals surface area contributed by atoms with Crippen LogP contribution in [0.4, 0.5) is 5.69 Å². The third-order valence-corrected chi connectivity index (χ3v) is 5.99. The topological polar surface area (TPSA) is 62.3 Å². The zero-order valence-electron chi connectivity index (χ0n) is 15.6. The minimum Gasteiger partial charge on any atom is -0.339 e. The number of carbonyl (C=O) groups is 2. The highest BCUT2D eigenvalue weighted by Gasteiger charge is 2.20. The van der Waals surface area contributed by atoms with Gasteiger partial charge in [-0.25, -0.2) is 4.98 Å². The predicted molar refractivity (Wildman–Crippen MR) is 112 cm³/mol. The van der Waals surface area contributed by atoms with E-state index in [1.54, 1.807) is 24.3 Å². The van der Waals surface area contributed by atoms with Crippen molar-refractivity contribution < 1.29 is 9.59 Å². The van der Waals surface area contributed by atoms with Crippen molar-refractivity contribution in [3.63, 3.8) is 0 Å². The van der Waals surface area contributed by atoms with Gasteiger partial charge in [-0.15, -0.1) is 11.3 Å². The van der Waals surface area contributed by atoms with Crippen LogP contribution in [0.2, 0.25) is 0 Å². The molecule has 2 amide bonds. The quantitative estimate of drug-likeness (QED) is 0.707. The van der Waals surface area contributed by atoms with Gasteiger partial charge < -0.3 is 10.2 Å². The van der Waals surface area contributed by atoms with Crippen LogP contribution >= 0.6 is 11.3 Å². The van der Waals surface area contributed by atoms with Gasteiger partial charge in [-0.1, -0.05) is 36.4 Å². The van der Waals surface area contributed by atoms with E-state index in [9.17, 15) is 9.59 Å². The third-order valence-electron chi connectivity index (χ3n) is 4.78. The van der Waals surface area contributed by atoms with E-state index < -0.39 is 0 Å². The molecule has 1 aliphatic rings. The Labute approximate surface area is 168 Å². The van der Waals surface area contributed by atoms with E-state index in [1.165, 1.54) is 11.3 Å². The van der Waals surface area contributed by atoms with Crippen molar-refractivity contribution in [1.29, 1.82) is 0 Å². The maximum Gasteiger partial charge on any atom is 0.267 e. The van der Waals surface area contributed by atoms with E-state index in [-0.39, 0.29) is 11.8 Å². The lowest BCUT2D eigenvalue weighted by molar-refractivity contribution is 0.0792.